The van der Waals surface area contributed by atoms with Crippen LogP contribution in [0.2, 0.25) is 0 Å². The summed E-state index contributed by atoms with van der Waals surface area (Å²) < 4.78 is 30.5. The van der Waals surface area contributed by atoms with E-state index in [-0.39, 0.29) is 13.0 Å². The summed E-state index contributed by atoms with van der Waals surface area (Å²) in [5.41, 5.74) is 2.15. The number of esters is 1. The first-order valence-electron chi connectivity index (χ1n) is 8.16. The van der Waals surface area contributed by atoms with E-state index in [0.29, 0.717) is 14.7 Å². The molecule has 2 aromatic carbocycles. The quantitative estimate of drug-likeness (QED) is 0.670. The van der Waals surface area contributed by atoms with Crippen molar-refractivity contribution in [1.82, 2.24) is 0 Å². The van der Waals surface area contributed by atoms with Gasteiger partial charge >= 0.3 is 5.97 Å². The van der Waals surface area contributed by atoms with Crippen LogP contribution >= 0.6 is 0 Å². The maximum atomic E-state index is 12.9. The van der Waals surface area contributed by atoms with Gasteiger partial charge in [-0.05, 0) is 38.1 Å². The molecule has 0 aliphatic rings. The van der Waals surface area contributed by atoms with Gasteiger partial charge in [0.25, 0.3) is 0 Å². The molecule has 2 rings (SSSR count). The maximum absolute atomic E-state index is 12.9. The summed E-state index contributed by atoms with van der Waals surface area (Å²) in [5, 5.41) is 1.50. The second-order valence-electron chi connectivity index (χ2n) is 5.87. The summed E-state index contributed by atoms with van der Waals surface area (Å²) >= 11 is 0. The summed E-state index contributed by atoms with van der Waals surface area (Å²) in [6.07, 6.45) is 0.262. The van der Waals surface area contributed by atoms with E-state index in [0.717, 1.165) is 11.1 Å². The van der Waals surface area contributed by atoms with E-state index in [1.165, 1.54) is 12.3 Å². The van der Waals surface area contributed by atoms with Gasteiger partial charge in [-0.15, -0.1) is 0 Å². The molecule has 0 saturated heterocycles. The van der Waals surface area contributed by atoms with Gasteiger partial charge in [-0.1, -0.05) is 35.4 Å². The molecule has 2 aromatic rings. The Bertz CT molecular complexity index is 837. The van der Waals surface area contributed by atoms with Crippen LogP contribution in [-0.2, 0) is 31.1 Å². The molecular formula is C20H22O4S2. The van der Waals surface area contributed by atoms with Crippen LogP contribution in [0.25, 0.3) is 0 Å². The highest BCUT2D eigenvalue weighted by Gasteiger charge is 2.14. The minimum atomic E-state index is -1.47. The lowest BCUT2D eigenvalue weighted by atomic mass is 10.2. The van der Waals surface area contributed by atoms with Gasteiger partial charge in [-0.2, -0.15) is 0 Å². The first kappa shape index (κ1) is 20.3. The highest BCUT2D eigenvalue weighted by Crippen LogP contribution is 2.21. The Morgan fingerprint density at radius 3 is 1.92 bits per heavy atom. The van der Waals surface area contributed by atoms with Crippen LogP contribution < -0.4 is 0 Å². The molecule has 0 N–H and O–H groups in total. The molecule has 0 amide bonds. The van der Waals surface area contributed by atoms with Crippen molar-refractivity contribution in [2.24, 2.45) is 0 Å². The van der Waals surface area contributed by atoms with E-state index in [9.17, 15) is 13.2 Å². The minimum Gasteiger partial charge on any atom is -0.466 e. The van der Waals surface area contributed by atoms with Gasteiger partial charge in [0.05, 0.1) is 28.2 Å². The summed E-state index contributed by atoms with van der Waals surface area (Å²) in [4.78, 5) is 12.8. The van der Waals surface area contributed by atoms with Crippen LogP contribution in [0.1, 0.15) is 24.5 Å². The third-order valence-electron chi connectivity index (χ3n) is 3.62. The van der Waals surface area contributed by atoms with Crippen molar-refractivity contribution in [3.05, 3.63) is 70.0 Å². The Labute approximate surface area is 159 Å². The monoisotopic (exact) mass is 390 g/mol. The smallest absolute Gasteiger partial charge is 0.302 e. The van der Waals surface area contributed by atoms with Crippen LogP contribution in [-0.4, -0.2) is 21.0 Å². The van der Waals surface area contributed by atoms with Crippen molar-refractivity contribution in [3.8, 4) is 0 Å². The van der Waals surface area contributed by atoms with Crippen molar-refractivity contribution in [2.75, 3.05) is 6.61 Å². The Hall–Kier alpha value is -2.05. The zero-order chi connectivity index (χ0) is 19.1. The predicted molar refractivity (Wildman–Crippen MR) is 105 cm³/mol. The number of ether oxygens (including phenoxy) is 1. The number of carbonyl (C=O) groups excluding carboxylic acids is 1. The minimum absolute atomic E-state index is 0.101. The molecular weight excluding hydrogens is 368 g/mol. The number of hydrogen-bond acceptors (Lipinski definition) is 4. The molecule has 138 valence electrons. The van der Waals surface area contributed by atoms with Gasteiger partial charge in [-0.25, -0.2) is 8.42 Å². The van der Waals surface area contributed by atoms with Gasteiger partial charge in [0, 0.05) is 33.4 Å². The van der Waals surface area contributed by atoms with Crippen molar-refractivity contribution in [3.63, 3.8) is 0 Å². The third kappa shape index (κ3) is 6.04. The molecule has 0 aromatic heterocycles. The molecule has 0 fully saturated rings. The summed E-state index contributed by atoms with van der Waals surface area (Å²) in [6.45, 7) is 5.34. The average molecular weight is 391 g/mol. The lowest BCUT2D eigenvalue weighted by molar-refractivity contribution is -0.140. The number of carbonyl (C=O) groups is 1. The van der Waals surface area contributed by atoms with Gasteiger partial charge in [0.1, 0.15) is 0 Å². The van der Waals surface area contributed by atoms with Crippen LogP contribution in [0.4, 0.5) is 0 Å². The lowest BCUT2D eigenvalue weighted by Gasteiger charge is -2.09. The first-order chi connectivity index (χ1) is 12.4. The lowest BCUT2D eigenvalue weighted by Crippen LogP contribution is -2.06. The molecule has 26 heavy (non-hydrogen) atoms. The van der Waals surface area contributed by atoms with E-state index >= 15 is 0 Å². The van der Waals surface area contributed by atoms with Crippen molar-refractivity contribution < 1.29 is 17.9 Å². The van der Waals surface area contributed by atoms with Crippen LogP contribution in [0.3, 0.4) is 0 Å². The number of hydrogen-bond donors (Lipinski definition) is 0. The van der Waals surface area contributed by atoms with E-state index in [4.69, 9.17) is 4.74 Å². The molecule has 2 atom stereocenters. The Balaban J connectivity index is 2.28. The average Bonchev–Trinajstić information content (AvgIpc) is 2.61. The van der Waals surface area contributed by atoms with Gasteiger partial charge in [0.15, 0.2) is 0 Å². The Morgan fingerprint density at radius 2 is 1.42 bits per heavy atom. The molecule has 6 heteroatoms. The topological polar surface area (TPSA) is 60.4 Å². The summed E-state index contributed by atoms with van der Waals surface area (Å²) in [6, 6.07) is 14.7. The normalized spacial score (nSPS) is 13.9. The number of aryl methyl sites for hydroxylation is 2. The molecule has 2 unspecified atom stereocenters. The van der Waals surface area contributed by atoms with Crippen LogP contribution in [0.15, 0.2) is 68.6 Å². The number of rotatable bonds is 7. The Morgan fingerprint density at radius 1 is 0.923 bits per heavy atom. The van der Waals surface area contributed by atoms with Crippen molar-refractivity contribution >= 4 is 27.6 Å². The first-order valence-corrected chi connectivity index (χ1v) is 10.5. The van der Waals surface area contributed by atoms with Gasteiger partial charge in [0.2, 0.25) is 0 Å². The van der Waals surface area contributed by atoms with Crippen LogP contribution in [0.5, 0.6) is 0 Å². The zero-order valence-corrected chi connectivity index (χ0v) is 16.7. The molecule has 4 nitrogen and oxygen atoms in total. The van der Waals surface area contributed by atoms with E-state index in [1.807, 2.05) is 38.1 Å². The summed E-state index contributed by atoms with van der Waals surface area (Å²) in [5.74, 6) is -0.398. The molecule has 0 radical (unpaired) electrons. The maximum Gasteiger partial charge on any atom is 0.302 e. The van der Waals surface area contributed by atoms with E-state index in [1.54, 1.807) is 24.3 Å². The molecule has 0 bridgehead atoms. The second-order valence-corrected chi connectivity index (χ2v) is 8.70. The Kier molecular flexibility index (Phi) is 7.48. The van der Waals surface area contributed by atoms with Crippen molar-refractivity contribution in [1.29, 1.82) is 0 Å². The fourth-order valence-electron chi connectivity index (χ4n) is 2.16. The summed E-state index contributed by atoms with van der Waals surface area (Å²) in [7, 11) is -2.90. The molecule has 0 spiro atoms. The van der Waals surface area contributed by atoms with Gasteiger partial charge in [-0.3, -0.25) is 4.79 Å². The predicted octanol–water partition coefficient (Wildman–Crippen LogP) is 4.01. The fourth-order valence-corrected chi connectivity index (χ4v) is 4.63. The SMILES string of the molecule is CC(=O)OCC/C(=C/S(=O)c1ccc(C)cc1)S(=O)c1ccc(C)cc1. The highest BCUT2D eigenvalue weighted by molar-refractivity contribution is 7.92. The number of benzene rings is 2. The zero-order valence-electron chi connectivity index (χ0n) is 15.1. The molecule has 0 aliphatic carbocycles. The largest absolute Gasteiger partial charge is 0.466 e. The van der Waals surface area contributed by atoms with Crippen molar-refractivity contribution in [2.45, 2.75) is 37.0 Å². The van der Waals surface area contributed by atoms with E-state index < -0.39 is 27.6 Å². The highest BCUT2D eigenvalue weighted by atomic mass is 32.2. The molecule has 0 heterocycles. The van der Waals surface area contributed by atoms with E-state index in [2.05, 4.69) is 0 Å². The standard InChI is InChI=1S/C20H22O4S2/c1-15-4-8-18(9-5-15)25(22)14-20(12-13-24-17(3)21)26(23)19-10-6-16(2)7-11-19/h4-11,14H,12-13H2,1-3H3/b20-14-. The third-order valence-corrected chi connectivity index (χ3v) is 6.50. The van der Waals surface area contributed by atoms with Gasteiger partial charge < -0.3 is 4.74 Å². The molecule has 0 aliphatic heterocycles. The fraction of sp³-hybridized carbons (Fsp3) is 0.250. The van der Waals surface area contributed by atoms with Crippen LogP contribution in [0, 0.1) is 13.8 Å². The molecule has 0 saturated carbocycles. The second kappa shape index (κ2) is 9.59.